The average Bonchev–Trinajstić information content (AvgIpc) is 3.12. The molecule has 9 nitrogen and oxygen atoms in total. The summed E-state index contributed by atoms with van der Waals surface area (Å²) in [5, 5.41) is 10.1. The number of carbonyl (C=O) groups excluding carboxylic acids is 2. The van der Waals surface area contributed by atoms with Gasteiger partial charge in [0.25, 0.3) is 0 Å². The third-order valence-electron chi connectivity index (χ3n) is 8.93. The van der Waals surface area contributed by atoms with Crippen LogP contribution in [-0.4, -0.2) is 52.3 Å². The number of carbonyl (C=O) groups is 2. The summed E-state index contributed by atoms with van der Waals surface area (Å²) >= 11 is 0. The number of aliphatic hydroxyl groups is 1. The minimum absolute atomic E-state index is 0.133. The lowest BCUT2D eigenvalue weighted by Crippen LogP contribution is -2.29. The maximum Gasteiger partial charge on any atom is 0.469 e. The van der Waals surface area contributed by atoms with E-state index in [1.54, 1.807) is 12.2 Å². The van der Waals surface area contributed by atoms with Crippen LogP contribution in [0.4, 0.5) is 0 Å². The van der Waals surface area contributed by atoms with E-state index in [9.17, 15) is 19.3 Å². The van der Waals surface area contributed by atoms with Crippen LogP contribution in [0.5, 0.6) is 0 Å². The van der Waals surface area contributed by atoms with Gasteiger partial charge in [0.1, 0.15) is 6.61 Å². The molecule has 3 N–H and O–H groups in total. The standard InChI is InChI=1S/C43H77O9P/c1-3-5-7-9-11-13-14-15-16-17-18-19-20-22-24-28-33-37-43(46)52-41(39-51-53(47,48)49)38-50-42(45)36-32-29-25-27-31-35-40(44)34-30-26-23-21-12-10-8-6-4-2/h12,21,25-27,30-31,35,40-41,44H,3-11,13-20,22-24,28-29,32-34,36-39H2,1-2H3,(H2,47,48,49)/b21-12-,27-25+,30-26-,35-31-/t40?,41-/m1/s1. The first kappa shape index (κ1) is 51.0. The lowest BCUT2D eigenvalue weighted by molar-refractivity contribution is -0.161. The zero-order valence-electron chi connectivity index (χ0n) is 33.5. The Morgan fingerprint density at radius 3 is 1.68 bits per heavy atom. The summed E-state index contributed by atoms with van der Waals surface area (Å²) in [5.74, 6) is -1.01. The fourth-order valence-corrected chi connectivity index (χ4v) is 6.10. The number of hydrogen-bond donors (Lipinski definition) is 3. The largest absolute Gasteiger partial charge is 0.469 e. The van der Waals surface area contributed by atoms with Crippen LogP contribution in [0, 0.1) is 0 Å². The molecular formula is C43H77O9P. The van der Waals surface area contributed by atoms with Crippen molar-refractivity contribution in [1.29, 1.82) is 0 Å². The second-order valence-electron chi connectivity index (χ2n) is 14.2. The normalized spacial score (nSPS) is 13.5. The molecule has 0 aromatic rings. The number of phosphoric acid groups is 1. The van der Waals surface area contributed by atoms with Crippen LogP contribution in [0.2, 0.25) is 0 Å². The summed E-state index contributed by atoms with van der Waals surface area (Å²) in [6.07, 6.45) is 42.9. The van der Waals surface area contributed by atoms with Gasteiger partial charge in [-0.25, -0.2) is 4.57 Å². The molecule has 53 heavy (non-hydrogen) atoms. The Balaban J connectivity index is 4.08. The van der Waals surface area contributed by atoms with Crippen molar-refractivity contribution >= 4 is 19.8 Å². The molecule has 0 saturated carbocycles. The SMILES string of the molecule is CCCCC/C=C\C/C=C\CC(O)/C=C\C=C\CCCC(=O)OC[C@H](COP(=O)(O)O)OC(=O)CCCCCCCCCCCCCCCCCCC. The van der Waals surface area contributed by atoms with Crippen LogP contribution < -0.4 is 0 Å². The summed E-state index contributed by atoms with van der Waals surface area (Å²) in [7, 11) is -4.78. The van der Waals surface area contributed by atoms with Crippen molar-refractivity contribution in [2.24, 2.45) is 0 Å². The highest BCUT2D eigenvalue weighted by atomic mass is 31.2. The van der Waals surface area contributed by atoms with Crippen LogP contribution in [0.25, 0.3) is 0 Å². The Bertz CT molecular complexity index is 1020. The van der Waals surface area contributed by atoms with E-state index < -0.39 is 38.6 Å². The third-order valence-corrected chi connectivity index (χ3v) is 9.42. The van der Waals surface area contributed by atoms with E-state index in [1.165, 1.54) is 103 Å². The van der Waals surface area contributed by atoms with Gasteiger partial charge in [0.15, 0.2) is 6.10 Å². The van der Waals surface area contributed by atoms with E-state index in [0.29, 0.717) is 25.7 Å². The van der Waals surface area contributed by atoms with Crippen molar-refractivity contribution < 1.29 is 43.0 Å². The fraction of sp³-hybridized carbons (Fsp3) is 0.767. The van der Waals surface area contributed by atoms with Gasteiger partial charge in [-0.1, -0.05) is 178 Å². The Hall–Kier alpha value is -2.03. The topological polar surface area (TPSA) is 140 Å². The first-order chi connectivity index (χ1) is 25.7. The van der Waals surface area contributed by atoms with E-state index in [2.05, 4.69) is 36.6 Å². The number of aliphatic hydroxyl groups excluding tert-OH is 1. The minimum atomic E-state index is -4.78. The molecular weight excluding hydrogens is 691 g/mol. The highest BCUT2D eigenvalue weighted by Crippen LogP contribution is 2.36. The Morgan fingerprint density at radius 2 is 1.09 bits per heavy atom. The first-order valence-corrected chi connectivity index (χ1v) is 22.6. The van der Waals surface area contributed by atoms with Gasteiger partial charge in [-0.05, 0) is 44.9 Å². The molecule has 0 radical (unpaired) electrons. The maximum absolute atomic E-state index is 12.4. The summed E-state index contributed by atoms with van der Waals surface area (Å²) in [4.78, 5) is 42.8. The van der Waals surface area contributed by atoms with E-state index in [1.807, 2.05) is 18.2 Å². The molecule has 0 aliphatic carbocycles. The number of allylic oxidation sites excluding steroid dienone is 6. The Labute approximate surface area is 323 Å². The molecule has 1 unspecified atom stereocenters. The number of ether oxygens (including phenoxy) is 2. The van der Waals surface area contributed by atoms with Crippen LogP contribution in [0.15, 0.2) is 48.6 Å². The molecule has 0 rings (SSSR count). The second-order valence-corrected chi connectivity index (χ2v) is 15.4. The smallest absolute Gasteiger partial charge is 0.462 e. The molecule has 0 heterocycles. The predicted octanol–water partition coefficient (Wildman–Crippen LogP) is 11.7. The molecule has 2 atom stereocenters. The van der Waals surface area contributed by atoms with Crippen molar-refractivity contribution in [3.8, 4) is 0 Å². The molecule has 0 aliphatic rings. The van der Waals surface area contributed by atoms with Crippen molar-refractivity contribution in [3.63, 3.8) is 0 Å². The van der Waals surface area contributed by atoms with Gasteiger partial charge in [0.2, 0.25) is 0 Å². The zero-order valence-corrected chi connectivity index (χ0v) is 34.4. The molecule has 0 aromatic carbocycles. The minimum Gasteiger partial charge on any atom is -0.462 e. The summed E-state index contributed by atoms with van der Waals surface area (Å²) in [6.45, 7) is 3.54. The molecule has 0 aromatic heterocycles. The van der Waals surface area contributed by atoms with Crippen LogP contribution in [0.3, 0.4) is 0 Å². The maximum atomic E-state index is 12.4. The summed E-state index contributed by atoms with van der Waals surface area (Å²) < 4.78 is 26.3. The van der Waals surface area contributed by atoms with Gasteiger partial charge in [0.05, 0.1) is 12.7 Å². The molecule has 0 aliphatic heterocycles. The van der Waals surface area contributed by atoms with E-state index in [-0.39, 0.29) is 19.4 Å². The summed E-state index contributed by atoms with van der Waals surface area (Å²) in [6, 6.07) is 0. The monoisotopic (exact) mass is 769 g/mol. The third kappa shape index (κ3) is 41.0. The van der Waals surface area contributed by atoms with Crippen LogP contribution >= 0.6 is 7.82 Å². The highest BCUT2D eigenvalue weighted by molar-refractivity contribution is 7.46. The molecule has 10 heteroatoms. The highest BCUT2D eigenvalue weighted by Gasteiger charge is 2.22. The van der Waals surface area contributed by atoms with E-state index in [4.69, 9.17) is 19.3 Å². The molecule has 308 valence electrons. The molecule has 0 saturated heterocycles. The molecule has 0 bridgehead atoms. The predicted molar refractivity (Wildman–Crippen MR) is 217 cm³/mol. The second kappa shape index (κ2) is 38.3. The number of rotatable bonds is 38. The molecule has 0 amide bonds. The first-order valence-electron chi connectivity index (χ1n) is 21.0. The van der Waals surface area contributed by atoms with Gasteiger partial charge >= 0.3 is 19.8 Å². The van der Waals surface area contributed by atoms with Gasteiger partial charge in [-0.2, -0.15) is 0 Å². The number of unbranched alkanes of at least 4 members (excludes halogenated alkanes) is 20. The van der Waals surface area contributed by atoms with Crippen molar-refractivity contribution in [3.05, 3.63) is 48.6 Å². The number of hydrogen-bond acceptors (Lipinski definition) is 7. The van der Waals surface area contributed by atoms with E-state index >= 15 is 0 Å². The van der Waals surface area contributed by atoms with Gasteiger partial charge in [0, 0.05) is 12.8 Å². The van der Waals surface area contributed by atoms with Gasteiger partial charge in [-0.3, -0.25) is 14.1 Å². The van der Waals surface area contributed by atoms with Crippen LogP contribution in [-0.2, 0) is 28.2 Å². The van der Waals surface area contributed by atoms with Crippen LogP contribution in [0.1, 0.15) is 187 Å². The fourth-order valence-electron chi connectivity index (χ4n) is 5.74. The average molecular weight is 769 g/mol. The van der Waals surface area contributed by atoms with Crippen molar-refractivity contribution in [2.75, 3.05) is 13.2 Å². The molecule has 0 fully saturated rings. The van der Waals surface area contributed by atoms with Crippen molar-refractivity contribution in [1.82, 2.24) is 0 Å². The number of phosphoric ester groups is 1. The Morgan fingerprint density at radius 1 is 0.585 bits per heavy atom. The van der Waals surface area contributed by atoms with Crippen molar-refractivity contribution in [2.45, 2.75) is 199 Å². The lowest BCUT2D eigenvalue weighted by atomic mass is 10.0. The summed E-state index contributed by atoms with van der Waals surface area (Å²) in [5.41, 5.74) is 0. The van der Waals surface area contributed by atoms with E-state index in [0.717, 1.165) is 32.1 Å². The lowest BCUT2D eigenvalue weighted by Gasteiger charge is -2.18. The Kier molecular flexibility index (Phi) is 36.8. The number of esters is 2. The molecule has 0 spiro atoms. The van der Waals surface area contributed by atoms with Gasteiger partial charge in [-0.15, -0.1) is 0 Å². The quantitative estimate of drug-likeness (QED) is 0.0184. The van der Waals surface area contributed by atoms with Gasteiger partial charge < -0.3 is 24.4 Å². The zero-order chi connectivity index (χ0) is 39.1.